The van der Waals surface area contributed by atoms with Gasteiger partial charge in [0, 0.05) is 5.39 Å². The van der Waals surface area contributed by atoms with E-state index in [0.29, 0.717) is 5.39 Å². The predicted molar refractivity (Wildman–Crippen MR) is 65.9 cm³/mol. The van der Waals surface area contributed by atoms with Crippen LogP contribution in [0.3, 0.4) is 0 Å². The van der Waals surface area contributed by atoms with Crippen molar-refractivity contribution in [3.05, 3.63) is 40.0 Å². The minimum Gasteiger partial charge on any atom is -0.243 e. The number of nitrogens with zero attached hydrogens (tertiary/aromatic N) is 1. The lowest BCUT2D eigenvalue weighted by Crippen LogP contribution is -2.11. The van der Waals surface area contributed by atoms with E-state index in [-0.39, 0.29) is 16.1 Å². The summed E-state index contributed by atoms with van der Waals surface area (Å²) in [5.41, 5.74) is 0.356. The van der Waals surface area contributed by atoms with Crippen LogP contribution in [-0.4, -0.2) is 4.98 Å². The van der Waals surface area contributed by atoms with E-state index in [4.69, 9.17) is 11.6 Å². The van der Waals surface area contributed by atoms with Crippen molar-refractivity contribution in [2.45, 2.75) is 26.4 Å². The van der Waals surface area contributed by atoms with Crippen molar-refractivity contribution in [2.75, 3.05) is 0 Å². The molecular weight excluding hydrogens is 263 g/mol. The van der Waals surface area contributed by atoms with Crippen LogP contribution in [-0.2, 0) is 12.6 Å². The topological polar surface area (TPSA) is 12.9 Å². The summed E-state index contributed by atoms with van der Waals surface area (Å²) in [6.45, 7) is 3.32. The first kappa shape index (κ1) is 13.1. The third kappa shape index (κ3) is 2.17. The number of benzene rings is 1. The molecule has 0 amide bonds. The van der Waals surface area contributed by atoms with E-state index in [1.807, 2.05) is 6.92 Å². The highest BCUT2D eigenvalue weighted by Gasteiger charge is 2.35. The first-order valence-electron chi connectivity index (χ1n) is 5.50. The van der Waals surface area contributed by atoms with E-state index < -0.39 is 11.9 Å². The van der Waals surface area contributed by atoms with Crippen LogP contribution in [0.1, 0.15) is 23.7 Å². The molecule has 0 saturated carbocycles. The summed E-state index contributed by atoms with van der Waals surface area (Å²) in [6.07, 6.45) is -3.68. The van der Waals surface area contributed by atoms with Crippen LogP contribution in [0.15, 0.2) is 18.2 Å². The molecule has 0 aliphatic rings. The third-order valence-corrected chi connectivity index (χ3v) is 3.38. The Morgan fingerprint density at radius 2 is 1.94 bits per heavy atom. The summed E-state index contributed by atoms with van der Waals surface area (Å²) in [5, 5.41) is 0.698. The molecule has 0 fully saturated rings. The number of alkyl halides is 3. The summed E-state index contributed by atoms with van der Waals surface area (Å²) in [5.74, 6) is 0. The second kappa shape index (κ2) is 4.43. The summed E-state index contributed by atoms with van der Waals surface area (Å²) >= 11 is 6.03. The van der Waals surface area contributed by atoms with Crippen molar-refractivity contribution in [2.24, 2.45) is 0 Å². The summed E-state index contributed by atoms with van der Waals surface area (Å²) in [6, 6.07) is 5.13. The lowest BCUT2D eigenvalue weighted by atomic mass is 10.1. The molecule has 1 nitrogen and oxygen atoms in total. The zero-order valence-corrected chi connectivity index (χ0v) is 10.7. The van der Waals surface area contributed by atoms with Crippen LogP contribution in [0.25, 0.3) is 10.9 Å². The lowest BCUT2D eigenvalue weighted by Gasteiger charge is -2.13. The van der Waals surface area contributed by atoms with Gasteiger partial charge in [-0.25, -0.2) is 4.98 Å². The average Bonchev–Trinajstić information content (AvgIpc) is 2.32. The van der Waals surface area contributed by atoms with Crippen LogP contribution in [0.2, 0.25) is 5.02 Å². The van der Waals surface area contributed by atoms with Crippen LogP contribution < -0.4 is 0 Å². The number of rotatable bonds is 1. The Kier molecular flexibility index (Phi) is 3.23. The molecule has 1 aromatic heterocycles. The quantitative estimate of drug-likeness (QED) is 0.729. The Morgan fingerprint density at radius 3 is 2.50 bits per heavy atom. The van der Waals surface area contributed by atoms with Crippen LogP contribution in [0.5, 0.6) is 0 Å². The minimum atomic E-state index is -4.48. The third-order valence-electron chi connectivity index (χ3n) is 2.89. The minimum absolute atomic E-state index is 0.0232. The van der Waals surface area contributed by atoms with Gasteiger partial charge in [-0.2, -0.15) is 13.2 Å². The van der Waals surface area contributed by atoms with Gasteiger partial charge in [0.25, 0.3) is 0 Å². The SMILES string of the molecule is CCc1ccc2nc(C(F)(F)F)c(C)c(Cl)c2c1. The van der Waals surface area contributed by atoms with Gasteiger partial charge in [0.05, 0.1) is 10.5 Å². The molecule has 0 bridgehead atoms. The molecule has 0 radical (unpaired) electrons. The largest absolute Gasteiger partial charge is 0.433 e. The van der Waals surface area contributed by atoms with Crippen LogP contribution in [0.4, 0.5) is 13.2 Å². The van der Waals surface area contributed by atoms with Gasteiger partial charge in [-0.1, -0.05) is 24.6 Å². The number of halogens is 4. The van der Waals surface area contributed by atoms with Crippen molar-refractivity contribution in [1.82, 2.24) is 4.98 Å². The molecule has 0 unspecified atom stereocenters. The fourth-order valence-corrected chi connectivity index (χ4v) is 2.10. The van der Waals surface area contributed by atoms with Crippen molar-refractivity contribution in [1.29, 1.82) is 0 Å². The standard InChI is InChI=1S/C13H11ClF3N/c1-3-8-4-5-10-9(6-8)11(14)7(2)12(18-10)13(15,16)17/h4-6H,3H2,1-2H3. The summed E-state index contributed by atoms with van der Waals surface area (Å²) in [4.78, 5) is 3.67. The number of hydrogen-bond donors (Lipinski definition) is 0. The van der Waals surface area contributed by atoms with Gasteiger partial charge in [0.15, 0.2) is 0 Å². The number of pyridine rings is 1. The van der Waals surface area contributed by atoms with Gasteiger partial charge in [-0.15, -0.1) is 0 Å². The van der Waals surface area contributed by atoms with E-state index in [0.717, 1.165) is 12.0 Å². The van der Waals surface area contributed by atoms with E-state index in [1.165, 1.54) is 6.92 Å². The van der Waals surface area contributed by atoms with Crippen molar-refractivity contribution < 1.29 is 13.2 Å². The normalized spacial score (nSPS) is 12.1. The Balaban J connectivity index is 2.79. The van der Waals surface area contributed by atoms with E-state index >= 15 is 0 Å². The van der Waals surface area contributed by atoms with Gasteiger partial charge in [-0.3, -0.25) is 0 Å². The fourth-order valence-electron chi connectivity index (χ4n) is 1.86. The smallest absolute Gasteiger partial charge is 0.243 e. The molecule has 1 aromatic carbocycles. The highest BCUT2D eigenvalue weighted by Crippen LogP contribution is 2.36. The maximum Gasteiger partial charge on any atom is 0.433 e. The van der Waals surface area contributed by atoms with Gasteiger partial charge in [0.1, 0.15) is 5.69 Å². The number of aromatic nitrogens is 1. The summed E-state index contributed by atoms with van der Waals surface area (Å²) in [7, 11) is 0. The molecule has 0 spiro atoms. The monoisotopic (exact) mass is 273 g/mol. The molecule has 0 N–H and O–H groups in total. The fraction of sp³-hybridized carbons (Fsp3) is 0.308. The maximum atomic E-state index is 12.8. The van der Waals surface area contributed by atoms with Crippen molar-refractivity contribution >= 4 is 22.5 Å². The van der Waals surface area contributed by atoms with E-state index in [2.05, 4.69) is 4.98 Å². The Labute approximate surface area is 108 Å². The van der Waals surface area contributed by atoms with Crippen LogP contribution >= 0.6 is 11.6 Å². The summed E-state index contributed by atoms with van der Waals surface area (Å²) < 4.78 is 38.3. The molecule has 0 aliphatic carbocycles. The molecule has 96 valence electrons. The van der Waals surface area contributed by atoms with E-state index in [9.17, 15) is 13.2 Å². The average molecular weight is 274 g/mol. The van der Waals surface area contributed by atoms with Gasteiger partial charge >= 0.3 is 6.18 Å². The zero-order valence-electron chi connectivity index (χ0n) is 9.90. The zero-order chi connectivity index (χ0) is 13.5. The number of fused-ring (bicyclic) bond motifs is 1. The Bertz CT molecular complexity index is 605. The molecule has 0 atom stereocenters. The lowest BCUT2D eigenvalue weighted by molar-refractivity contribution is -0.141. The highest BCUT2D eigenvalue weighted by atomic mass is 35.5. The number of hydrogen-bond acceptors (Lipinski definition) is 1. The second-order valence-electron chi connectivity index (χ2n) is 4.10. The highest BCUT2D eigenvalue weighted by molar-refractivity contribution is 6.36. The molecule has 2 aromatic rings. The Morgan fingerprint density at radius 1 is 1.28 bits per heavy atom. The maximum absolute atomic E-state index is 12.8. The van der Waals surface area contributed by atoms with Gasteiger partial charge in [-0.05, 0) is 36.6 Å². The van der Waals surface area contributed by atoms with Gasteiger partial charge < -0.3 is 0 Å². The predicted octanol–water partition coefficient (Wildman–Crippen LogP) is 4.78. The molecule has 0 aliphatic heterocycles. The van der Waals surface area contributed by atoms with Crippen LogP contribution in [0, 0.1) is 6.92 Å². The Hall–Kier alpha value is -1.29. The first-order chi connectivity index (χ1) is 8.34. The molecule has 1 heterocycles. The first-order valence-corrected chi connectivity index (χ1v) is 5.88. The van der Waals surface area contributed by atoms with Gasteiger partial charge in [0.2, 0.25) is 0 Å². The molecule has 5 heteroatoms. The second-order valence-corrected chi connectivity index (χ2v) is 4.48. The molecular formula is C13H11ClF3N. The number of aryl methyl sites for hydroxylation is 1. The van der Waals surface area contributed by atoms with E-state index in [1.54, 1.807) is 18.2 Å². The molecule has 0 saturated heterocycles. The van der Waals surface area contributed by atoms with Crippen molar-refractivity contribution in [3.63, 3.8) is 0 Å². The molecule has 18 heavy (non-hydrogen) atoms. The molecule has 2 rings (SSSR count). The van der Waals surface area contributed by atoms with Crippen molar-refractivity contribution in [3.8, 4) is 0 Å².